The maximum absolute atomic E-state index is 12.7. The van der Waals surface area contributed by atoms with E-state index in [0.29, 0.717) is 5.75 Å². The minimum Gasteiger partial charge on any atom is -0.454 e. The third-order valence-corrected chi connectivity index (χ3v) is 5.37. The number of esters is 1. The number of nitrogens with zero attached hydrogens (tertiary/aromatic N) is 1. The highest BCUT2D eigenvalue weighted by molar-refractivity contribution is 7.98. The van der Waals surface area contributed by atoms with Crippen molar-refractivity contribution in [2.75, 3.05) is 23.9 Å². The first-order valence-corrected chi connectivity index (χ1v) is 11.3. The van der Waals surface area contributed by atoms with Crippen molar-refractivity contribution in [1.82, 2.24) is 4.90 Å². The van der Waals surface area contributed by atoms with Crippen LogP contribution in [0.3, 0.4) is 0 Å². The zero-order chi connectivity index (χ0) is 24.9. The van der Waals surface area contributed by atoms with Crippen LogP contribution >= 0.6 is 11.8 Å². The minimum atomic E-state index is -4.84. The Labute approximate surface area is 196 Å². The highest BCUT2D eigenvalue weighted by atomic mass is 32.2. The van der Waals surface area contributed by atoms with Crippen molar-refractivity contribution in [3.8, 4) is 5.75 Å². The molecule has 0 aliphatic carbocycles. The Hall–Kier alpha value is -3.54. The first kappa shape index (κ1) is 25.1. The summed E-state index contributed by atoms with van der Waals surface area (Å²) in [5.41, 5.74) is 0.519. The number of nitrogens with one attached hydrogen (secondary N) is 1. The molecule has 2 aromatic rings. The Kier molecular flexibility index (Phi) is 7.82. The van der Waals surface area contributed by atoms with Gasteiger partial charge in [0, 0.05) is 5.69 Å². The zero-order valence-electron chi connectivity index (χ0n) is 17.8. The lowest BCUT2D eigenvalue weighted by atomic mass is 10.1. The number of ether oxygens (including phenoxy) is 2. The maximum atomic E-state index is 12.7. The molecule has 1 aliphatic rings. The fourth-order valence-electron chi connectivity index (χ4n) is 3.24. The van der Waals surface area contributed by atoms with Gasteiger partial charge in [-0.2, -0.15) is 11.8 Å². The van der Waals surface area contributed by atoms with Crippen LogP contribution in [0.1, 0.15) is 27.1 Å². The number of rotatable bonds is 9. The van der Waals surface area contributed by atoms with Gasteiger partial charge in [-0.15, -0.1) is 13.2 Å². The number of halogens is 3. The summed E-state index contributed by atoms with van der Waals surface area (Å²) in [6.07, 6.45) is -2.91. The van der Waals surface area contributed by atoms with E-state index in [4.69, 9.17) is 4.74 Å². The van der Waals surface area contributed by atoms with Crippen LogP contribution in [0.15, 0.2) is 48.5 Å². The Bertz CT molecular complexity index is 1060. The number of anilines is 1. The quantitative estimate of drug-likeness (QED) is 0.419. The van der Waals surface area contributed by atoms with E-state index in [9.17, 15) is 32.3 Å². The van der Waals surface area contributed by atoms with Gasteiger partial charge in [0.1, 0.15) is 11.8 Å². The number of amides is 3. The van der Waals surface area contributed by atoms with Crippen LogP contribution in [0.2, 0.25) is 0 Å². The van der Waals surface area contributed by atoms with E-state index >= 15 is 0 Å². The second-order valence-corrected chi connectivity index (χ2v) is 8.04. The lowest BCUT2D eigenvalue weighted by molar-refractivity contribution is -0.274. The average Bonchev–Trinajstić information content (AvgIpc) is 3.04. The lowest BCUT2D eigenvalue weighted by Gasteiger charge is -2.24. The Morgan fingerprint density at radius 1 is 1.03 bits per heavy atom. The molecule has 0 radical (unpaired) electrons. The van der Waals surface area contributed by atoms with Gasteiger partial charge >= 0.3 is 12.3 Å². The van der Waals surface area contributed by atoms with Crippen molar-refractivity contribution in [3.63, 3.8) is 0 Å². The average molecular weight is 496 g/mol. The molecule has 2 aromatic carbocycles. The number of imide groups is 1. The zero-order valence-corrected chi connectivity index (χ0v) is 18.6. The van der Waals surface area contributed by atoms with E-state index < -0.39 is 48.5 Å². The van der Waals surface area contributed by atoms with Gasteiger partial charge in [0.15, 0.2) is 6.61 Å². The molecule has 0 saturated carbocycles. The number of carbonyl (C=O) groups excluding carboxylic acids is 4. The molecule has 1 aliphatic heterocycles. The summed E-state index contributed by atoms with van der Waals surface area (Å²) in [5.74, 6) is -2.93. The smallest absolute Gasteiger partial charge is 0.454 e. The fourth-order valence-corrected chi connectivity index (χ4v) is 3.70. The first-order valence-electron chi connectivity index (χ1n) is 9.89. The Balaban J connectivity index is 1.61. The predicted octanol–water partition coefficient (Wildman–Crippen LogP) is 3.48. The molecular formula is C22H19F3N2O6S. The van der Waals surface area contributed by atoms with Gasteiger partial charge in [-0.3, -0.25) is 19.3 Å². The van der Waals surface area contributed by atoms with Gasteiger partial charge in [0.05, 0.1) is 11.1 Å². The molecule has 12 heteroatoms. The summed E-state index contributed by atoms with van der Waals surface area (Å²) in [4.78, 5) is 51.2. The van der Waals surface area contributed by atoms with Crippen molar-refractivity contribution in [3.05, 3.63) is 59.7 Å². The third-order valence-electron chi connectivity index (χ3n) is 4.72. The van der Waals surface area contributed by atoms with E-state index in [0.717, 1.165) is 17.0 Å². The number of hydrogen-bond donors (Lipinski definition) is 1. The second-order valence-electron chi connectivity index (χ2n) is 7.05. The predicted molar refractivity (Wildman–Crippen MR) is 116 cm³/mol. The normalized spacial score (nSPS) is 13.9. The molecule has 0 aromatic heterocycles. The van der Waals surface area contributed by atoms with Crippen molar-refractivity contribution < 1.29 is 41.8 Å². The highest BCUT2D eigenvalue weighted by Gasteiger charge is 2.43. The van der Waals surface area contributed by atoms with Crippen molar-refractivity contribution in [2.45, 2.75) is 18.8 Å². The number of thioether (sulfide) groups is 1. The summed E-state index contributed by atoms with van der Waals surface area (Å²) in [7, 11) is 0. The van der Waals surface area contributed by atoms with Gasteiger partial charge in [-0.1, -0.05) is 12.1 Å². The molecule has 1 heterocycles. The van der Waals surface area contributed by atoms with Gasteiger partial charge in [-0.05, 0) is 54.8 Å². The number of fused-ring (bicyclic) bond motifs is 1. The van der Waals surface area contributed by atoms with Crippen molar-refractivity contribution >= 4 is 41.1 Å². The topological polar surface area (TPSA) is 102 Å². The Morgan fingerprint density at radius 3 is 2.15 bits per heavy atom. The Morgan fingerprint density at radius 2 is 1.62 bits per heavy atom. The molecule has 34 heavy (non-hydrogen) atoms. The SMILES string of the molecule is CSCC[C@@H](C(=O)OCC(=O)Nc1ccc(OC(F)(F)F)cc1)N1C(=O)c2ccccc2C1=O. The molecule has 0 saturated heterocycles. The second kappa shape index (κ2) is 10.6. The fraction of sp³-hybridized carbons (Fsp3) is 0.273. The van der Waals surface area contributed by atoms with Crippen LogP contribution < -0.4 is 10.1 Å². The summed E-state index contributed by atoms with van der Waals surface area (Å²) >= 11 is 1.41. The van der Waals surface area contributed by atoms with E-state index in [1.54, 1.807) is 18.4 Å². The van der Waals surface area contributed by atoms with Crippen LogP contribution in [0, 0.1) is 0 Å². The van der Waals surface area contributed by atoms with Gasteiger partial charge < -0.3 is 14.8 Å². The molecule has 8 nitrogen and oxygen atoms in total. The van der Waals surface area contributed by atoms with Gasteiger partial charge in [0.25, 0.3) is 17.7 Å². The van der Waals surface area contributed by atoms with Crippen LogP contribution in [0.25, 0.3) is 0 Å². The number of carbonyl (C=O) groups is 4. The third kappa shape index (κ3) is 6.07. The van der Waals surface area contributed by atoms with E-state index in [2.05, 4.69) is 10.1 Å². The summed E-state index contributed by atoms with van der Waals surface area (Å²) in [5, 5.41) is 2.37. The molecule has 0 spiro atoms. The molecule has 0 bridgehead atoms. The highest BCUT2D eigenvalue weighted by Crippen LogP contribution is 2.27. The number of hydrogen-bond acceptors (Lipinski definition) is 7. The molecule has 3 amide bonds. The van der Waals surface area contributed by atoms with Crippen LogP contribution in [0.4, 0.5) is 18.9 Å². The minimum absolute atomic E-state index is 0.133. The molecule has 1 N–H and O–H groups in total. The molecule has 1 atom stereocenters. The molecular weight excluding hydrogens is 477 g/mol. The van der Waals surface area contributed by atoms with Crippen molar-refractivity contribution in [1.29, 1.82) is 0 Å². The summed E-state index contributed by atoms with van der Waals surface area (Å²) in [6.45, 7) is -0.724. The van der Waals surface area contributed by atoms with Gasteiger partial charge in [-0.25, -0.2) is 4.79 Å². The van der Waals surface area contributed by atoms with Gasteiger partial charge in [0.2, 0.25) is 0 Å². The van der Waals surface area contributed by atoms with Crippen LogP contribution in [-0.2, 0) is 14.3 Å². The van der Waals surface area contributed by atoms with E-state index in [-0.39, 0.29) is 23.2 Å². The number of alkyl halides is 3. The van der Waals surface area contributed by atoms with Crippen LogP contribution in [0.5, 0.6) is 5.75 Å². The summed E-state index contributed by atoms with van der Waals surface area (Å²) in [6, 6.07) is 9.36. The van der Waals surface area contributed by atoms with Crippen molar-refractivity contribution in [2.24, 2.45) is 0 Å². The largest absolute Gasteiger partial charge is 0.573 e. The molecule has 3 rings (SSSR count). The van der Waals surface area contributed by atoms with E-state index in [1.807, 2.05) is 0 Å². The first-order chi connectivity index (χ1) is 16.1. The summed E-state index contributed by atoms with van der Waals surface area (Å²) < 4.78 is 45.5. The standard InChI is InChI=1S/C22H19F3N2O6S/c1-34-11-10-17(27-19(29)15-4-2-3-5-16(15)20(27)30)21(31)32-12-18(28)26-13-6-8-14(9-7-13)33-22(23,24)25/h2-9,17H,10-12H2,1H3,(H,26,28)/t17-/m0/s1. The molecule has 0 fully saturated rings. The molecule has 180 valence electrons. The lowest BCUT2D eigenvalue weighted by Crippen LogP contribution is -2.46. The molecule has 0 unspecified atom stereocenters. The number of benzene rings is 2. The maximum Gasteiger partial charge on any atom is 0.573 e. The monoisotopic (exact) mass is 496 g/mol. The van der Waals surface area contributed by atoms with E-state index in [1.165, 1.54) is 36.0 Å². The van der Waals surface area contributed by atoms with Crippen LogP contribution in [-0.4, -0.2) is 59.6 Å².